The Balaban J connectivity index is 2.69. The van der Waals surface area contributed by atoms with Gasteiger partial charge in [0.1, 0.15) is 5.52 Å². The molecular weight excluding hydrogens is 202 g/mol. The van der Waals surface area contributed by atoms with Crippen LogP contribution in [0.15, 0.2) is 47.7 Å². The number of rotatable bonds is 0. The van der Waals surface area contributed by atoms with E-state index >= 15 is 0 Å². The van der Waals surface area contributed by atoms with Crippen LogP contribution in [0.1, 0.15) is 0 Å². The van der Waals surface area contributed by atoms with Gasteiger partial charge in [-0.25, -0.2) is 4.98 Å². The van der Waals surface area contributed by atoms with Gasteiger partial charge in [-0.3, -0.25) is 14.8 Å². The van der Waals surface area contributed by atoms with Crippen LogP contribution in [0.3, 0.4) is 0 Å². The van der Waals surface area contributed by atoms with E-state index in [1.807, 2.05) is 0 Å². The zero-order chi connectivity index (χ0) is 11.0. The Bertz CT molecular complexity index is 678. The summed E-state index contributed by atoms with van der Waals surface area (Å²) in [6.07, 6.45) is 4.75. The fraction of sp³-hybridized carbons (Fsp3) is 0. The SMILES string of the molecule is O=c1c2cccnc2ccc2nccnc12. The summed E-state index contributed by atoms with van der Waals surface area (Å²) in [5.74, 6) is 0. The molecule has 0 N–H and O–H groups in total. The second kappa shape index (κ2) is 3.34. The maximum Gasteiger partial charge on any atom is 0.215 e. The highest BCUT2D eigenvalue weighted by Crippen LogP contribution is 2.09. The van der Waals surface area contributed by atoms with E-state index in [0.717, 1.165) is 0 Å². The number of hydrogen-bond acceptors (Lipinski definition) is 4. The molecule has 0 radical (unpaired) electrons. The number of aromatic nitrogens is 3. The minimum absolute atomic E-state index is 0.129. The van der Waals surface area contributed by atoms with Gasteiger partial charge >= 0.3 is 0 Å². The van der Waals surface area contributed by atoms with Crippen LogP contribution < -0.4 is 5.43 Å². The fourth-order valence-corrected chi connectivity index (χ4v) is 1.67. The van der Waals surface area contributed by atoms with E-state index in [2.05, 4.69) is 15.0 Å². The number of nitrogens with zero attached hydrogens (tertiary/aromatic N) is 3. The van der Waals surface area contributed by atoms with Crippen molar-refractivity contribution in [2.75, 3.05) is 0 Å². The summed E-state index contributed by atoms with van der Waals surface area (Å²) in [5.41, 5.74) is 1.50. The molecule has 0 bridgehead atoms. The Morgan fingerprint density at radius 2 is 1.56 bits per heavy atom. The average Bonchev–Trinajstić information content (AvgIpc) is 2.49. The van der Waals surface area contributed by atoms with Crippen LogP contribution in [0.25, 0.3) is 21.9 Å². The minimum atomic E-state index is -0.129. The second-order valence-electron chi connectivity index (χ2n) is 3.39. The Kier molecular flexibility index (Phi) is 1.86. The molecule has 0 fully saturated rings. The lowest BCUT2D eigenvalue weighted by molar-refractivity contribution is 1.29. The Labute approximate surface area is 90.6 Å². The third-order valence-corrected chi connectivity index (χ3v) is 2.42. The van der Waals surface area contributed by atoms with Crippen LogP contribution in [0.5, 0.6) is 0 Å². The summed E-state index contributed by atoms with van der Waals surface area (Å²) < 4.78 is 0. The third-order valence-electron chi connectivity index (χ3n) is 2.42. The zero-order valence-corrected chi connectivity index (χ0v) is 8.29. The number of pyridine rings is 1. The average molecular weight is 209 g/mol. The van der Waals surface area contributed by atoms with Crippen molar-refractivity contribution in [1.29, 1.82) is 0 Å². The van der Waals surface area contributed by atoms with Gasteiger partial charge in [-0.05, 0) is 24.3 Å². The van der Waals surface area contributed by atoms with Crippen molar-refractivity contribution >= 4 is 21.9 Å². The number of hydrogen-bond donors (Lipinski definition) is 0. The molecule has 0 saturated carbocycles. The Hall–Kier alpha value is -2.36. The molecule has 2 aromatic heterocycles. The van der Waals surface area contributed by atoms with Gasteiger partial charge in [-0.2, -0.15) is 0 Å². The first-order chi connectivity index (χ1) is 7.86. The highest BCUT2D eigenvalue weighted by atomic mass is 16.1. The van der Waals surface area contributed by atoms with E-state index in [1.54, 1.807) is 36.7 Å². The van der Waals surface area contributed by atoms with E-state index in [4.69, 9.17) is 0 Å². The summed E-state index contributed by atoms with van der Waals surface area (Å²) in [5, 5.41) is 0.568. The Morgan fingerprint density at radius 3 is 2.50 bits per heavy atom. The molecule has 2 heterocycles. The molecule has 16 heavy (non-hydrogen) atoms. The molecule has 4 heteroatoms. The van der Waals surface area contributed by atoms with E-state index < -0.39 is 0 Å². The van der Waals surface area contributed by atoms with Gasteiger partial charge in [0, 0.05) is 24.0 Å². The molecule has 0 aliphatic heterocycles. The molecule has 0 aliphatic carbocycles. The number of fused-ring (bicyclic) bond motifs is 2. The van der Waals surface area contributed by atoms with Crippen molar-refractivity contribution in [2.45, 2.75) is 0 Å². The highest BCUT2D eigenvalue weighted by Gasteiger charge is 2.03. The molecule has 76 valence electrons. The van der Waals surface area contributed by atoms with Crippen LogP contribution in [0.2, 0.25) is 0 Å². The predicted octanol–water partition coefficient (Wildman–Crippen LogP) is 1.54. The van der Waals surface area contributed by atoms with Crippen molar-refractivity contribution in [2.24, 2.45) is 0 Å². The van der Waals surface area contributed by atoms with Crippen LogP contribution in [-0.2, 0) is 0 Å². The third kappa shape index (κ3) is 1.24. The molecule has 3 aromatic rings. The van der Waals surface area contributed by atoms with Crippen molar-refractivity contribution in [1.82, 2.24) is 15.0 Å². The molecule has 4 nitrogen and oxygen atoms in total. The Morgan fingerprint density at radius 1 is 0.812 bits per heavy atom. The van der Waals surface area contributed by atoms with Gasteiger partial charge in [0.05, 0.1) is 11.0 Å². The maximum atomic E-state index is 12.1. The second-order valence-corrected chi connectivity index (χ2v) is 3.39. The molecule has 0 spiro atoms. The smallest absolute Gasteiger partial charge is 0.215 e. The molecular formula is C12H7N3O. The standard InChI is InChI=1S/C12H7N3O/c16-12-8-2-1-5-13-9(8)3-4-10-11(12)15-7-6-14-10/h1-7H. The summed E-state index contributed by atoms with van der Waals surface area (Å²) in [4.78, 5) is 24.5. The van der Waals surface area contributed by atoms with Gasteiger partial charge in [0.25, 0.3) is 0 Å². The quantitative estimate of drug-likeness (QED) is 0.563. The zero-order valence-electron chi connectivity index (χ0n) is 8.29. The molecule has 3 rings (SSSR count). The largest absolute Gasteiger partial charge is 0.287 e. The van der Waals surface area contributed by atoms with Crippen molar-refractivity contribution < 1.29 is 0 Å². The molecule has 0 saturated heterocycles. The van der Waals surface area contributed by atoms with Crippen LogP contribution in [0.4, 0.5) is 0 Å². The van der Waals surface area contributed by atoms with E-state index in [1.165, 1.54) is 6.20 Å². The van der Waals surface area contributed by atoms with Crippen molar-refractivity contribution in [3.8, 4) is 0 Å². The molecule has 0 atom stereocenters. The first kappa shape index (κ1) is 8.91. The van der Waals surface area contributed by atoms with Crippen LogP contribution in [0, 0.1) is 0 Å². The van der Waals surface area contributed by atoms with Gasteiger partial charge in [0.15, 0.2) is 0 Å². The van der Waals surface area contributed by atoms with E-state index in [-0.39, 0.29) is 5.43 Å². The molecule has 0 unspecified atom stereocenters. The van der Waals surface area contributed by atoms with Gasteiger partial charge in [-0.15, -0.1) is 0 Å². The van der Waals surface area contributed by atoms with E-state index in [9.17, 15) is 4.79 Å². The highest BCUT2D eigenvalue weighted by molar-refractivity contribution is 5.87. The maximum absolute atomic E-state index is 12.1. The summed E-state index contributed by atoms with van der Waals surface area (Å²) in [6, 6.07) is 7.04. The fourth-order valence-electron chi connectivity index (χ4n) is 1.67. The van der Waals surface area contributed by atoms with Gasteiger partial charge in [-0.1, -0.05) is 0 Å². The molecule has 1 aromatic carbocycles. The van der Waals surface area contributed by atoms with Crippen LogP contribution >= 0.6 is 0 Å². The van der Waals surface area contributed by atoms with E-state index in [0.29, 0.717) is 21.9 Å². The van der Waals surface area contributed by atoms with Crippen molar-refractivity contribution in [3.63, 3.8) is 0 Å². The summed E-state index contributed by atoms with van der Waals surface area (Å²) >= 11 is 0. The lowest BCUT2D eigenvalue weighted by atomic mass is 10.2. The summed E-state index contributed by atoms with van der Waals surface area (Å²) in [6.45, 7) is 0. The predicted molar refractivity (Wildman–Crippen MR) is 61.1 cm³/mol. The van der Waals surface area contributed by atoms with Gasteiger partial charge in [0.2, 0.25) is 5.43 Å². The van der Waals surface area contributed by atoms with Crippen LogP contribution in [-0.4, -0.2) is 15.0 Å². The van der Waals surface area contributed by atoms with Crippen molar-refractivity contribution in [3.05, 3.63) is 53.1 Å². The molecule has 0 aliphatic rings. The minimum Gasteiger partial charge on any atom is -0.287 e. The first-order valence-corrected chi connectivity index (χ1v) is 4.85. The normalized spacial score (nSPS) is 10.8. The lowest BCUT2D eigenvalue weighted by Crippen LogP contribution is -2.01. The topological polar surface area (TPSA) is 55.7 Å². The summed E-state index contributed by atoms with van der Waals surface area (Å²) in [7, 11) is 0. The first-order valence-electron chi connectivity index (χ1n) is 4.85. The van der Waals surface area contributed by atoms with Gasteiger partial charge < -0.3 is 0 Å². The monoisotopic (exact) mass is 209 g/mol. The lowest BCUT2D eigenvalue weighted by Gasteiger charge is -1.88. The molecule has 0 amide bonds.